The highest BCUT2D eigenvalue weighted by atomic mass is 32.1. The van der Waals surface area contributed by atoms with Crippen LogP contribution in [-0.4, -0.2) is 41.3 Å². The number of tetrazole rings is 1. The largest absolute Gasteiger partial charge is 0.478 e. The summed E-state index contributed by atoms with van der Waals surface area (Å²) in [5.41, 5.74) is 5.65. The van der Waals surface area contributed by atoms with Crippen molar-refractivity contribution in [2.45, 2.75) is 51.0 Å². The minimum absolute atomic E-state index is 0.0752. The van der Waals surface area contributed by atoms with Crippen LogP contribution in [0.1, 0.15) is 58.3 Å². The highest BCUT2D eigenvalue weighted by Gasteiger charge is 2.19. The van der Waals surface area contributed by atoms with E-state index in [-0.39, 0.29) is 17.7 Å². The fourth-order valence-electron chi connectivity index (χ4n) is 4.98. The number of unbranched alkanes of at least 4 members (excludes halogenated alkanes) is 1. The molecule has 0 aliphatic rings. The maximum atomic E-state index is 14.0. The highest BCUT2D eigenvalue weighted by molar-refractivity contribution is 7.80. The molecule has 5 rings (SSSR count). The smallest absolute Gasteiger partial charge is 0.336 e. The number of thiol groups is 1. The molecule has 9 nitrogen and oxygen atoms in total. The van der Waals surface area contributed by atoms with Crippen LogP contribution in [0.5, 0.6) is 0 Å². The van der Waals surface area contributed by atoms with E-state index in [1.807, 2.05) is 48.5 Å². The van der Waals surface area contributed by atoms with E-state index in [4.69, 9.17) is 4.98 Å². The Hall–Kier alpha value is -4.57. The number of aryl methyl sites for hydroxylation is 2. The first-order valence-corrected chi connectivity index (χ1v) is 13.9. The Labute approximate surface area is 242 Å². The van der Waals surface area contributed by atoms with Gasteiger partial charge in [0.2, 0.25) is 5.82 Å². The molecule has 10 heteroatoms. The highest BCUT2D eigenvalue weighted by Crippen LogP contribution is 2.30. The van der Waals surface area contributed by atoms with Crippen LogP contribution in [0, 0.1) is 6.92 Å². The van der Waals surface area contributed by atoms with Crippen molar-refractivity contribution in [1.29, 1.82) is 0 Å². The van der Waals surface area contributed by atoms with Crippen LogP contribution in [-0.2, 0) is 19.4 Å². The third kappa shape index (κ3) is 5.97. The second-order valence-electron chi connectivity index (χ2n) is 9.84. The minimum Gasteiger partial charge on any atom is -0.478 e. The molecular weight excluding hydrogens is 536 g/mol. The van der Waals surface area contributed by atoms with E-state index in [0.717, 1.165) is 40.8 Å². The van der Waals surface area contributed by atoms with Gasteiger partial charge in [0.05, 0.1) is 17.8 Å². The topological polar surface area (TPSA) is 127 Å². The van der Waals surface area contributed by atoms with Crippen LogP contribution in [0.2, 0.25) is 0 Å². The van der Waals surface area contributed by atoms with Crippen LogP contribution in [0.4, 0.5) is 0 Å². The number of H-pyrrole nitrogens is 1. The van der Waals surface area contributed by atoms with Crippen LogP contribution >= 0.6 is 12.6 Å². The molecule has 0 aliphatic heterocycles. The summed E-state index contributed by atoms with van der Waals surface area (Å²) in [6.07, 6.45) is 3.00. The molecule has 2 N–H and O–H groups in total. The van der Waals surface area contributed by atoms with Gasteiger partial charge in [0.25, 0.3) is 5.56 Å². The van der Waals surface area contributed by atoms with Crippen molar-refractivity contribution < 1.29 is 9.90 Å². The van der Waals surface area contributed by atoms with Gasteiger partial charge in [-0.05, 0) is 59.4 Å². The van der Waals surface area contributed by atoms with Crippen LogP contribution < -0.4 is 5.56 Å². The number of rotatable bonds is 10. The van der Waals surface area contributed by atoms with E-state index < -0.39 is 5.97 Å². The molecule has 0 radical (unpaired) electrons. The van der Waals surface area contributed by atoms with Crippen molar-refractivity contribution in [3.05, 3.63) is 111 Å². The number of aromatic nitrogens is 6. The number of aromatic carboxylic acids is 1. The van der Waals surface area contributed by atoms with Gasteiger partial charge in [-0.2, -0.15) is 5.21 Å². The number of nitrogens with one attached hydrogen (secondary N) is 1. The molecule has 0 fully saturated rings. The monoisotopic (exact) mass is 566 g/mol. The summed E-state index contributed by atoms with van der Waals surface area (Å²) >= 11 is 4.49. The van der Waals surface area contributed by atoms with Crippen molar-refractivity contribution >= 4 is 18.6 Å². The Balaban J connectivity index is 1.51. The molecule has 208 valence electrons. The standard InChI is InChI=1S/C31H30N6O3S/c1-3-4-11-27-25(30(38)37(19(2)32-27)18-26-24(31(39)40)10-7-12-28(26)41)17-20-13-15-21(16-14-20)22-8-5-6-9-23(22)29-33-35-36-34-29/h5-10,12-16,41H,3-4,11,17-18H2,1-2H3,(H,39,40)(H,33,34,35,36). The molecule has 2 aromatic heterocycles. The third-order valence-electron chi connectivity index (χ3n) is 7.16. The number of nitrogens with zero attached hydrogens (tertiary/aromatic N) is 5. The minimum atomic E-state index is -1.06. The molecule has 0 spiro atoms. The maximum absolute atomic E-state index is 14.0. The summed E-state index contributed by atoms with van der Waals surface area (Å²) in [7, 11) is 0. The van der Waals surface area contributed by atoms with Gasteiger partial charge in [0, 0.05) is 22.4 Å². The molecule has 0 unspecified atom stereocenters. The Bertz CT molecular complexity index is 1750. The molecule has 0 atom stereocenters. The summed E-state index contributed by atoms with van der Waals surface area (Å²) < 4.78 is 1.56. The molecule has 3 aromatic carbocycles. The first-order chi connectivity index (χ1) is 19.9. The summed E-state index contributed by atoms with van der Waals surface area (Å²) in [6.45, 7) is 3.97. The average molecular weight is 567 g/mol. The molecule has 0 amide bonds. The van der Waals surface area contributed by atoms with E-state index in [9.17, 15) is 14.7 Å². The second-order valence-corrected chi connectivity index (χ2v) is 10.3. The molecule has 0 saturated heterocycles. The number of aromatic amines is 1. The molecule has 0 aliphatic carbocycles. The average Bonchev–Trinajstić information content (AvgIpc) is 3.52. The number of carboxylic acid groups (broad SMARTS) is 1. The zero-order valence-electron chi connectivity index (χ0n) is 22.8. The number of hydrogen-bond donors (Lipinski definition) is 3. The van der Waals surface area contributed by atoms with Crippen LogP contribution in [0.15, 0.2) is 76.4 Å². The SMILES string of the molecule is CCCCc1nc(C)n(Cc2c(S)cccc2C(=O)O)c(=O)c1Cc1ccc(-c2ccccc2-c2nn[nH]n2)cc1. The van der Waals surface area contributed by atoms with E-state index in [0.29, 0.717) is 40.5 Å². The van der Waals surface area contributed by atoms with Gasteiger partial charge >= 0.3 is 5.97 Å². The van der Waals surface area contributed by atoms with Gasteiger partial charge in [-0.25, -0.2) is 9.78 Å². The van der Waals surface area contributed by atoms with Crippen molar-refractivity contribution in [2.24, 2.45) is 0 Å². The van der Waals surface area contributed by atoms with E-state index >= 15 is 0 Å². The zero-order chi connectivity index (χ0) is 28.9. The van der Waals surface area contributed by atoms with Crippen LogP contribution in [0.3, 0.4) is 0 Å². The molecule has 41 heavy (non-hydrogen) atoms. The number of hydrogen-bond acceptors (Lipinski definition) is 7. The molecule has 0 saturated carbocycles. The predicted molar refractivity (Wildman–Crippen MR) is 159 cm³/mol. The maximum Gasteiger partial charge on any atom is 0.336 e. The first-order valence-electron chi connectivity index (χ1n) is 13.4. The fourth-order valence-corrected chi connectivity index (χ4v) is 5.26. The lowest BCUT2D eigenvalue weighted by molar-refractivity contribution is 0.0695. The van der Waals surface area contributed by atoms with Gasteiger partial charge in [-0.1, -0.05) is 67.9 Å². The lowest BCUT2D eigenvalue weighted by Crippen LogP contribution is -2.30. The van der Waals surface area contributed by atoms with Gasteiger partial charge < -0.3 is 5.11 Å². The second kappa shape index (κ2) is 12.3. The summed E-state index contributed by atoms with van der Waals surface area (Å²) in [4.78, 5) is 31.2. The quantitative estimate of drug-likeness (QED) is 0.194. The predicted octanol–water partition coefficient (Wildman–Crippen LogP) is 5.37. The zero-order valence-corrected chi connectivity index (χ0v) is 23.7. The van der Waals surface area contributed by atoms with Crippen molar-refractivity contribution in [1.82, 2.24) is 30.2 Å². The first kappa shape index (κ1) is 28.0. The number of carbonyl (C=O) groups is 1. The Morgan fingerprint density at radius 3 is 2.44 bits per heavy atom. The lowest BCUT2D eigenvalue weighted by Gasteiger charge is -2.17. The Morgan fingerprint density at radius 2 is 1.76 bits per heavy atom. The van der Waals surface area contributed by atoms with Crippen molar-refractivity contribution in [3.63, 3.8) is 0 Å². The van der Waals surface area contributed by atoms with Crippen molar-refractivity contribution in [2.75, 3.05) is 0 Å². The normalized spacial score (nSPS) is 11.1. The van der Waals surface area contributed by atoms with Crippen LogP contribution in [0.25, 0.3) is 22.5 Å². The van der Waals surface area contributed by atoms with Gasteiger partial charge in [0.15, 0.2) is 0 Å². The summed E-state index contributed by atoms with van der Waals surface area (Å²) in [6, 6.07) is 20.8. The fraction of sp³-hybridized carbons (Fsp3) is 0.226. The molecule has 2 heterocycles. The summed E-state index contributed by atoms with van der Waals surface area (Å²) in [5, 5.41) is 24.2. The Morgan fingerprint density at radius 1 is 1.00 bits per heavy atom. The van der Waals surface area contributed by atoms with E-state index in [1.54, 1.807) is 23.6 Å². The van der Waals surface area contributed by atoms with Gasteiger partial charge in [-0.15, -0.1) is 22.8 Å². The summed E-state index contributed by atoms with van der Waals surface area (Å²) in [5.74, 6) is 0.00640. The van der Waals surface area contributed by atoms with E-state index in [1.165, 1.54) is 6.07 Å². The van der Waals surface area contributed by atoms with Crippen molar-refractivity contribution in [3.8, 4) is 22.5 Å². The third-order valence-corrected chi connectivity index (χ3v) is 7.58. The lowest BCUT2D eigenvalue weighted by atomic mass is 9.96. The number of benzene rings is 3. The van der Waals surface area contributed by atoms with Gasteiger partial charge in [-0.3, -0.25) is 9.36 Å². The molecular formula is C31H30N6O3S. The van der Waals surface area contributed by atoms with Gasteiger partial charge in [0.1, 0.15) is 5.82 Å². The molecule has 5 aromatic rings. The molecule has 0 bridgehead atoms. The Kier molecular flexibility index (Phi) is 8.39. The van der Waals surface area contributed by atoms with E-state index in [2.05, 4.69) is 40.2 Å². The number of carboxylic acids is 1.